The van der Waals surface area contributed by atoms with Gasteiger partial charge in [0.2, 0.25) is 11.6 Å². The summed E-state index contributed by atoms with van der Waals surface area (Å²) in [7, 11) is 0. The summed E-state index contributed by atoms with van der Waals surface area (Å²) in [6, 6.07) is 0. The van der Waals surface area contributed by atoms with Crippen LogP contribution in [0.15, 0.2) is 12.4 Å². The van der Waals surface area contributed by atoms with E-state index in [1.807, 2.05) is 0 Å². The molecule has 0 saturated heterocycles. The molecule has 0 saturated carbocycles. The molecule has 0 radical (unpaired) electrons. The van der Waals surface area contributed by atoms with Crippen molar-refractivity contribution < 1.29 is 4.79 Å². The van der Waals surface area contributed by atoms with Gasteiger partial charge in [-0.1, -0.05) is 0 Å². The van der Waals surface area contributed by atoms with Crippen molar-refractivity contribution in [3.05, 3.63) is 12.4 Å². The number of hydrogen-bond donors (Lipinski definition) is 2. The largest absolute Gasteiger partial charge is 0.309 e. The summed E-state index contributed by atoms with van der Waals surface area (Å²) < 4.78 is 0. The van der Waals surface area contributed by atoms with E-state index in [1.165, 1.54) is 6.92 Å². The molecule has 0 aromatic carbocycles. The van der Waals surface area contributed by atoms with Crippen molar-refractivity contribution in [2.75, 3.05) is 5.32 Å². The number of anilines is 1. The molecule has 0 aliphatic heterocycles. The van der Waals surface area contributed by atoms with E-state index in [9.17, 15) is 4.79 Å². The maximum atomic E-state index is 10.7. The molecule has 66 valence electrons. The normalized spacial score (nSPS) is 10.2. The summed E-state index contributed by atoms with van der Waals surface area (Å²) in [5, 5.41) is 9.06. The Balaban J connectivity index is 2.51. The summed E-state index contributed by atoms with van der Waals surface area (Å²) in [6.07, 6.45) is 3.09. The highest BCUT2D eigenvalue weighted by atomic mass is 16.1. The SMILES string of the molecule is CC(=O)Nc1[nH]nc2nccnc12. The first-order valence-corrected chi connectivity index (χ1v) is 3.70. The molecule has 0 atom stereocenters. The lowest BCUT2D eigenvalue weighted by molar-refractivity contribution is -0.114. The maximum absolute atomic E-state index is 10.7. The standard InChI is InChI=1S/C7H7N5O/c1-4(13)10-7-5-6(11-12-7)9-3-2-8-5/h2-3H,1H3,(H2,9,10,11,12,13). The quantitative estimate of drug-likeness (QED) is 0.656. The minimum absolute atomic E-state index is 0.170. The minimum Gasteiger partial charge on any atom is -0.309 e. The van der Waals surface area contributed by atoms with E-state index in [2.05, 4.69) is 25.5 Å². The van der Waals surface area contributed by atoms with Gasteiger partial charge in [0.15, 0.2) is 11.3 Å². The lowest BCUT2D eigenvalue weighted by atomic mass is 10.5. The van der Waals surface area contributed by atoms with E-state index in [4.69, 9.17) is 0 Å². The van der Waals surface area contributed by atoms with Crippen LogP contribution in [0.3, 0.4) is 0 Å². The average molecular weight is 177 g/mol. The Morgan fingerprint density at radius 1 is 1.46 bits per heavy atom. The Hall–Kier alpha value is -1.98. The number of aromatic nitrogens is 4. The van der Waals surface area contributed by atoms with Gasteiger partial charge in [-0.25, -0.2) is 9.97 Å². The van der Waals surface area contributed by atoms with Crippen LogP contribution in [-0.2, 0) is 4.79 Å². The number of nitrogens with zero attached hydrogens (tertiary/aromatic N) is 3. The van der Waals surface area contributed by atoms with Gasteiger partial charge in [-0.15, -0.1) is 0 Å². The first-order valence-electron chi connectivity index (χ1n) is 3.70. The zero-order chi connectivity index (χ0) is 9.26. The predicted octanol–water partition coefficient (Wildman–Crippen LogP) is 0.311. The van der Waals surface area contributed by atoms with Crippen LogP contribution in [0.5, 0.6) is 0 Å². The van der Waals surface area contributed by atoms with Crippen LogP contribution >= 0.6 is 0 Å². The highest BCUT2D eigenvalue weighted by Gasteiger charge is 2.06. The molecule has 0 bridgehead atoms. The van der Waals surface area contributed by atoms with Crippen LogP contribution in [0.4, 0.5) is 5.82 Å². The molecule has 2 heterocycles. The lowest BCUT2D eigenvalue weighted by Gasteiger charge is -1.95. The van der Waals surface area contributed by atoms with Crippen LogP contribution in [0.2, 0.25) is 0 Å². The zero-order valence-electron chi connectivity index (χ0n) is 6.90. The minimum atomic E-state index is -0.170. The summed E-state index contributed by atoms with van der Waals surface area (Å²) >= 11 is 0. The Morgan fingerprint density at radius 3 is 3.00 bits per heavy atom. The van der Waals surface area contributed by atoms with E-state index >= 15 is 0 Å². The van der Waals surface area contributed by atoms with Gasteiger partial charge in [0, 0.05) is 19.3 Å². The van der Waals surface area contributed by atoms with Crippen LogP contribution in [-0.4, -0.2) is 26.1 Å². The summed E-state index contributed by atoms with van der Waals surface area (Å²) in [4.78, 5) is 18.7. The molecule has 1 amide bonds. The van der Waals surface area contributed by atoms with Gasteiger partial charge >= 0.3 is 0 Å². The third kappa shape index (κ3) is 1.33. The Kier molecular flexibility index (Phi) is 1.66. The first-order chi connectivity index (χ1) is 6.27. The molecule has 0 spiro atoms. The second kappa shape index (κ2) is 2.81. The molecule has 2 N–H and O–H groups in total. The molecular weight excluding hydrogens is 170 g/mol. The van der Waals surface area contributed by atoms with Gasteiger partial charge in [-0.3, -0.25) is 9.89 Å². The number of carbonyl (C=O) groups excluding carboxylic acids is 1. The number of nitrogens with one attached hydrogen (secondary N) is 2. The third-order valence-electron chi connectivity index (χ3n) is 1.49. The van der Waals surface area contributed by atoms with Crippen LogP contribution in [0.1, 0.15) is 6.92 Å². The van der Waals surface area contributed by atoms with Gasteiger partial charge in [0.25, 0.3) is 0 Å². The monoisotopic (exact) mass is 177 g/mol. The first kappa shape index (κ1) is 7.66. The van der Waals surface area contributed by atoms with Crippen molar-refractivity contribution in [3.8, 4) is 0 Å². The Labute approximate surface area is 73.4 Å². The molecule has 2 aromatic rings. The van der Waals surface area contributed by atoms with E-state index in [0.29, 0.717) is 17.0 Å². The molecular formula is C7H7N5O. The number of carbonyl (C=O) groups is 1. The molecule has 0 aliphatic carbocycles. The number of amides is 1. The fourth-order valence-corrected chi connectivity index (χ4v) is 1.01. The molecule has 2 rings (SSSR count). The molecule has 13 heavy (non-hydrogen) atoms. The summed E-state index contributed by atoms with van der Waals surface area (Å²) in [5.74, 6) is 0.312. The number of fused-ring (bicyclic) bond motifs is 1. The maximum Gasteiger partial charge on any atom is 0.222 e. The fourth-order valence-electron chi connectivity index (χ4n) is 1.01. The second-order valence-electron chi connectivity index (χ2n) is 2.51. The van der Waals surface area contributed by atoms with Gasteiger partial charge in [-0.05, 0) is 0 Å². The summed E-state index contributed by atoms with van der Waals surface area (Å²) in [5.41, 5.74) is 1.06. The Morgan fingerprint density at radius 2 is 2.23 bits per heavy atom. The van der Waals surface area contributed by atoms with E-state index < -0.39 is 0 Å². The molecule has 0 aliphatic rings. The lowest BCUT2D eigenvalue weighted by Crippen LogP contribution is -2.06. The molecule has 2 aromatic heterocycles. The highest BCUT2D eigenvalue weighted by molar-refractivity contribution is 5.95. The third-order valence-corrected chi connectivity index (χ3v) is 1.49. The number of H-pyrrole nitrogens is 1. The Bertz CT molecular complexity index is 449. The van der Waals surface area contributed by atoms with Gasteiger partial charge < -0.3 is 5.32 Å². The van der Waals surface area contributed by atoms with Crippen LogP contribution < -0.4 is 5.32 Å². The van der Waals surface area contributed by atoms with E-state index in [0.717, 1.165) is 0 Å². The number of hydrogen-bond acceptors (Lipinski definition) is 4. The van der Waals surface area contributed by atoms with Crippen molar-refractivity contribution in [2.45, 2.75) is 6.92 Å². The molecule has 6 nitrogen and oxygen atoms in total. The van der Waals surface area contributed by atoms with Gasteiger partial charge in [0.05, 0.1) is 0 Å². The molecule has 0 fully saturated rings. The molecule has 6 heteroatoms. The van der Waals surface area contributed by atoms with Crippen LogP contribution in [0.25, 0.3) is 11.2 Å². The van der Waals surface area contributed by atoms with E-state index in [-0.39, 0.29) is 5.91 Å². The zero-order valence-corrected chi connectivity index (χ0v) is 6.90. The predicted molar refractivity (Wildman–Crippen MR) is 46.0 cm³/mol. The fraction of sp³-hybridized carbons (Fsp3) is 0.143. The second-order valence-corrected chi connectivity index (χ2v) is 2.51. The van der Waals surface area contributed by atoms with Crippen molar-refractivity contribution in [1.82, 2.24) is 20.2 Å². The number of aromatic amines is 1. The molecule has 0 unspecified atom stereocenters. The van der Waals surface area contributed by atoms with Crippen molar-refractivity contribution in [1.29, 1.82) is 0 Å². The number of rotatable bonds is 1. The highest BCUT2D eigenvalue weighted by Crippen LogP contribution is 2.13. The van der Waals surface area contributed by atoms with Gasteiger partial charge in [0.1, 0.15) is 0 Å². The van der Waals surface area contributed by atoms with Gasteiger partial charge in [-0.2, -0.15) is 5.10 Å². The smallest absolute Gasteiger partial charge is 0.222 e. The topological polar surface area (TPSA) is 83.6 Å². The van der Waals surface area contributed by atoms with Crippen molar-refractivity contribution in [2.24, 2.45) is 0 Å². The van der Waals surface area contributed by atoms with Crippen molar-refractivity contribution in [3.63, 3.8) is 0 Å². The average Bonchev–Trinajstić information content (AvgIpc) is 2.48. The summed E-state index contributed by atoms with van der Waals surface area (Å²) in [6.45, 7) is 1.42. The van der Waals surface area contributed by atoms with Crippen LogP contribution in [0, 0.1) is 0 Å². The van der Waals surface area contributed by atoms with E-state index in [1.54, 1.807) is 12.4 Å². The van der Waals surface area contributed by atoms with Crippen molar-refractivity contribution >= 4 is 22.9 Å².